The van der Waals surface area contributed by atoms with Crippen molar-refractivity contribution in [2.75, 3.05) is 6.54 Å². The second-order valence-electron chi connectivity index (χ2n) is 4.85. The first kappa shape index (κ1) is 18.3. The molecule has 0 bridgehead atoms. The Morgan fingerprint density at radius 2 is 1.52 bits per heavy atom. The van der Waals surface area contributed by atoms with Gasteiger partial charge in [-0.15, -0.1) is 0 Å². The molecule has 0 spiro atoms. The van der Waals surface area contributed by atoms with Gasteiger partial charge in [0.05, 0.1) is 19.4 Å². The van der Waals surface area contributed by atoms with Crippen molar-refractivity contribution in [1.82, 2.24) is 0 Å². The molecule has 0 aromatic heterocycles. The average Bonchev–Trinajstić information content (AvgIpc) is 2.53. The fourth-order valence-electron chi connectivity index (χ4n) is 1.96. The first-order valence-corrected chi connectivity index (χ1v) is 7.06. The zero-order chi connectivity index (χ0) is 17.2. The lowest BCUT2D eigenvalue weighted by molar-refractivity contribution is -0.138. The predicted octanol–water partition coefficient (Wildman–Crippen LogP) is 1.85. The smallest absolute Gasteiger partial charge is 0.307 e. The Morgan fingerprint density at radius 1 is 0.870 bits per heavy atom. The normalized spacial score (nSPS) is 9.78. The van der Waals surface area contributed by atoms with Crippen LogP contribution in [0.25, 0.3) is 10.8 Å². The molecule has 0 saturated carbocycles. The zero-order valence-electron chi connectivity index (χ0n) is 12.6. The predicted molar refractivity (Wildman–Crippen MR) is 86.2 cm³/mol. The van der Waals surface area contributed by atoms with Crippen LogP contribution in [0.2, 0.25) is 0 Å². The van der Waals surface area contributed by atoms with Crippen molar-refractivity contribution < 1.29 is 24.6 Å². The largest absolute Gasteiger partial charge is 0.481 e. The molecule has 0 atom stereocenters. The van der Waals surface area contributed by atoms with E-state index in [0.29, 0.717) is 0 Å². The highest BCUT2D eigenvalue weighted by molar-refractivity contribution is 5.88. The molecule has 122 valence electrons. The number of Topliss-reactive ketones (excluding diaryl/α,β-unsaturated/α-hetero) is 1. The van der Waals surface area contributed by atoms with E-state index in [2.05, 4.69) is 0 Å². The fraction of sp³-hybridized carbons (Fsp3) is 0.235. The monoisotopic (exact) mass is 317 g/mol. The van der Waals surface area contributed by atoms with Gasteiger partial charge in [0.15, 0.2) is 0 Å². The van der Waals surface area contributed by atoms with Crippen LogP contribution in [-0.2, 0) is 20.8 Å². The average molecular weight is 317 g/mol. The van der Waals surface area contributed by atoms with Crippen LogP contribution >= 0.6 is 0 Å². The van der Waals surface area contributed by atoms with Crippen LogP contribution in [0.1, 0.15) is 18.4 Å². The van der Waals surface area contributed by atoms with Gasteiger partial charge < -0.3 is 15.9 Å². The van der Waals surface area contributed by atoms with E-state index in [1.807, 2.05) is 42.5 Å². The van der Waals surface area contributed by atoms with Crippen LogP contribution in [0.3, 0.4) is 0 Å². The highest BCUT2D eigenvalue weighted by Gasteiger charge is 2.04. The van der Waals surface area contributed by atoms with Crippen molar-refractivity contribution in [3.8, 4) is 0 Å². The minimum atomic E-state index is -0.961. The van der Waals surface area contributed by atoms with Crippen molar-refractivity contribution in [3.63, 3.8) is 0 Å². The molecule has 2 rings (SSSR count). The zero-order valence-corrected chi connectivity index (χ0v) is 12.6. The Morgan fingerprint density at radius 3 is 2.13 bits per heavy atom. The van der Waals surface area contributed by atoms with Gasteiger partial charge in [-0.05, 0) is 16.3 Å². The van der Waals surface area contributed by atoms with Gasteiger partial charge in [0.2, 0.25) is 0 Å². The van der Waals surface area contributed by atoms with Gasteiger partial charge >= 0.3 is 11.9 Å². The summed E-state index contributed by atoms with van der Waals surface area (Å²) in [4.78, 5) is 30.8. The number of benzene rings is 2. The molecule has 0 aliphatic rings. The van der Waals surface area contributed by atoms with Crippen LogP contribution in [-0.4, -0.2) is 34.5 Å². The molecule has 4 N–H and O–H groups in total. The van der Waals surface area contributed by atoms with Crippen molar-refractivity contribution in [2.45, 2.75) is 19.3 Å². The van der Waals surface area contributed by atoms with Gasteiger partial charge in [-0.25, -0.2) is 0 Å². The fourth-order valence-corrected chi connectivity index (χ4v) is 1.96. The van der Waals surface area contributed by atoms with Crippen LogP contribution in [0, 0.1) is 0 Å². The number of hydrogen-bond donors (Lipinski definition) is 3. The van der Waals surface area contributed by atoms with Crippen LogP contribution < -0.4 is 5.73 Å². The number of fused-ring (bicyclic) bond motifs is 1. The summed E-state index contributed by atoms with van der Waals surface area (Å²) in [6, 6.07) is 13.5. The molecule has 0 saturated heterocycles. The highest BCUT2D eigenvalue weighted by Crippen LogP contribution is 2.18. The number of aliphatic carboxylic acids is 2. The maximum absolute atomic E-state index is 10.6. The summed E-state index contributed by atoms with van der Waals surface area (Å²) >= 11 is 0. The minimum Gasteiger partial charge on any atom is -0.481 e. The summed E-state index contributed by atoms with van der Waals surface area (Å²) < 4.78 is 0. The third-order valence-electron chi connectivity index (χ3n) is 3.07. The molecule has 0 heterocycles. The molecule has 2 aromatic carbocycles. The standard InChI is InChI=1S/C12H10O2.C5H9NO3/c13-12(14)8-10-6-3-5-9-4-1-2-7-11(9)10;6-3-4(7)1-2-5(8)9/h1-7H,8H2,(H,13,14);1-3,6H2,(H,8,9). The molecule has 6 heteroatoms. The lowest BCUT2D eigenvalue weighted by atomic mass is 10.0. The molecule has 0 amide bonds. The lowest BCUT2D eigenvalue weighted by Crippen LogP contribution is -2.14. The summed E-state index contributed by atoms with van der Waals surface area (Å²) in [5.74, 6) is -1.96. The van der Waals surface area contributed by atoms with Crippen molar-refractivity contribution in [3.05, 3.63) is 48.0 Å². The summed E-state index contributed by atoms with van der Waals surface area (Å²) in [7, 11) is 0. The van der Waals surface area contributed by atoms with E-state index in [4.69, 9.17) is 15.9 Å². The molecule has 0 unspecified atom stereocenters. The Balaban J connectivity index is 0.000000257. The van der Waals surface area contributed by atoms with Crippen LogP contribution in [0.4, 0.5) is 0 Å². The minimum absolute atomic E-state index is 0.0475. The number of rotatable bonds is 6. The number of nitrogens with two attached hydrogens (primary N) is 1. The Hall–Kier alpha value is -2.73. The maximum Gasteiger partial charge on any atom is 0.307 e. The second-order valence-corrected chi connectivity index (χ2v) is 4.85. The van der Waals surface area contributed by atoms with E-state index in [0.717, 1.165) is 16.3 Å². The molecule has 0 aliphatic carbocycles. The van der Waals surface area contributed by atoms with Gasteiger partial charge in [-0.1, -0.05) is 42.5 Å². The number of carbonyl (C=O) groups excluding carboxylic acids is 1. The summed E-state index contributed by atoms with van der Waals surface area (Å²) in [6.45, 7) is -0.0622. The molecular weight excluding hydrogens is 298 g/mol. The Bertz CT molecular complexity index is 691. The van der Waals surface area contributed by atoms with Gasteiger partial charge in [0.1, 0.15) is 5.78 Å². The highest BCUT2D eigenvalue weighted by atomic mass is 16.4. The molecule has 0 radical (unpaired) electrons. The number of carboxylic acid groups (broad SMARTS) is 2. The van der Waals surface area contributed by atoms with E-state index >= 15 is 0 Å². The second kappa shape index (κ2) is 9.32. The Kier molecular flexibility index (Phi) is 7.42. The summed E-state index contributed by atoms with van der Waals surface area (Å²) in [5, 5.41) is 18.9. The molecule has 23 heavy (non-hydrogen) atoms. The SMILES string of the molecule is NCC(=O)CCC(=O)O.O=C(O)Cc1cccc2ccccc12. The number of hydrogen-bond acceptors (Lipinski definition) is 4. The third-order valence-corrected chi connectivity index (χ3v) is 3.07. The van der Waals surface area contributed by atoms with Gasteiger partial charge in [0.25, 0.3) is 0 Å². The van der Waals surface area contributed by atoms with E-state index < -0.39 is 11.9 Å². The van der Waals surface area contributed by atoms with Crippen molar-refractivity contribution in [1.29, 1.82) is 0 Å². The number of carboxylic acids is 2. The first-order valence-electron chi connectivity index (χ1n) is 7.06. The van der Waals surface area contributed by atoms with Crippen LogP contribution in [0.5, 0.6) is 0 Å². The lowest BCUT2D eigenvalue weighted by Gasteiger charge is -2.02. The molecule has 0 aliphatic heterocycles. The van der Waals surface area contributed by atoms with Gasteiger partial charge in [0, 0.05) is 6.42 Å². The summed E-state index contributed by atoms with van der Waals surface area (Å²) in [6.07, 6.45) is 0.0171. The first-order chi connectivity index (χ1) is 10.9. The number of ketones is 1. The van der Waals surface area contributed by atoms with Crippen molar-refractivity contribution in [2.24, 2.45) is 5.73 Å². The molecule has 6 nitrogen and oxygen atoms in total. The molecular formula is C17H19NO5. The maximum atomic E-state index is 10.6. The molecule has 2 aromatic rings. The van der Waals surface area contributed by atoms with E-state index in [9.17, 15) is 14.4 Å². The third kappa shape index (κ3) is 6.71. The molecule has 0 fully saturated rings. The quantitative estimate of drug-likeness (QED) is 0.748. The van der Waals surface area contributed by atoms with E-state index in [1.165, 1.54) is 0 Å². The Labute approximate surface area is 133 Å². The van der Waals surface area contributed by atoms with Gasteiger partial charge in [-0.3, -0.25) is 14.4 Å². The summed E-state index contributed by atoms with van der Waals surface area (Å²) in [5.41, 5.74) is 5.79. The van der Waals surface area contributed by atoms with Crippen molar-refractivity contribution >= 4 is 28.5 Å². The van der Waals surface area contributed by atoms with Crippen LogP contribution in [0.15, 0.2) is 42.5 Å². The topological polar surface area (TPSA) is 118 Å². The van der Waals surface area contributed by atoms with E-state index in [1.54, 1.807) is 0 Å². The van der Waals surface area contributed by atoms with Gasteiger partial charge in [-0.2, -0.15) is 0 Å². The number of carbonyl (C=O) groups is 3. The van der Waals surface area contributed by atoms with E-state index in [-0.39, 0.29) is 31.6 Å².